The number of nitrogens with zero attached hydrogens (tertiary/aromatic N) is 3. The minimum absolute atomic E-state index is 0.0237. The van der Waals surface area contributed by atoms with Crippen LogP contribution in [0.15, 0.2) is 36.5 Å². The maximum absolute atomic E-state index is 12.6. The smallest absolute Gasteiger partial charge is 0.255 e. The molecule has 0 bridgehead atoms. The fourth-order valence-electron chi connectivity index (χ4n) is 2.78. The van der Waals surface area contributed by atoms with Gasteiger partial charge < -0.3 is 15.1 Å². The molecule has 3 rings (SSSR count). The Morgan fingerprint density at radius 1 is 1.16 bits per heavy atom. The van der Waals surface area contributed by atoms with Crippen LogP contribution in [0.4, 0.5) is 11.5 Å². The summed E-state index contributed by atoms with van der Waals surface area (Å²) in [6.45, 7) is 6.51. The van der Waals surface area contributed by atoms with Crippen molar-refractivity contribution < 1.29 is 4.79 Å². The van der Waals surface area contributed by atoms with Crippen molar-refractivity contribution in [3.8, 4) is 0 Å². The van der Waals surface area contributed by atoms with Gasteiger partial charge in [0, 0.05) is 32.4 Å². The topological polar surface area (TPSA) is 48.5 Å². The molecular formula is C18H20Cl2N4O. The van der Waals surface area contributed by atoms with Gasteiger partial charge in [-0.1, -0.05) is 36.2 Å². The summed E-state index contributed by atoms with van der Waals surface area (Å²) in [7, 11) is 0. The van der Waals surface area contributed by atoms with Crippen LogP contribution in [0.5, 0.6) is 0 Å². The molecule has 132 valence electrons. The van der Waals surface area contributed by atoms with E-state index in [0.29, 0.717) is 27.1 Å². The molecule has 1 aromatic carbocycles. The molecule has 1 amide bonds. The summed E-state index contributed by atoms with van der Waals surface area (Å²) < 4.78 is 0. The largest absolute Gasteiger partial charge is 0.339 e. The number of carbonyl (C=O) groups is 1. The third-order valence-electron chi connectivity index (χ3n) is 4.33. The van der Waals surface area contributed by atoms with Crippen LogP contribution in [0, 0.1) is 0 Å². The molecule has 1 aromatic heterocycles. The normalized spacial score (nSPS) is 15.2. The monoisotopic (exact) mass is 378 g/mol. The molecular weight excluding hydrogens is 359 g/mol. The zero-order valence-corrected chi connectivity index (χ0v) is 15.5. The predicted octanol–water partition coefficient (Wildman–Crippen LogP) is 3.91. The van der Waals surface area contributed by atoms with E-state index in [9.17, 15) is 4.79 Å². The van der Waals surface area contributed by atoms with E-state index in [2.05, 4.69) is 22.1 Å². The average molecular weight is 379 g/mol. The van der Waals surface area contributed by atoms with Crippen LogP contribution in [0.1, 0.15) is 17.3 Å². The summed E-state index contributed by atoms with van der Waals surface area (Å²) in [5.41, 5.74) is 1.27. The van der Waals surface area contributed by atoms with Crippen molar-refractivity contribution in [1.29, 1.82) is 0 Å². The second-order valence-electron chi connectivity index (χ2n) is 5.88. The van der Waals surface area contributed by atoms with Gasteiger partial charge in [0.1, 0.15) is 5.82 Å². The molecule has 2 aromatic rings. The number of benzene rings is 1. The molecule has 1 fully saturated rings. The van der Waals surface area contributed by atoms with E-state index in [0.717, 1.165) is 32.7 Å². The zero-order valence-electron chi connectivity index (χ0n) is 14.0. The van der Waals surface area contributed by atoms with E-state index in [1.54, 1.807) is 24.4 Å². The number of piperazine rings is 1. The molecule has 0 atom stereocenters. The number of halogens is 2. The van der Waals surface area contributed by atoms with E-state index in [1.165, 1.54) is 0 Å². The fraction of sp³-hybridized carbons (Fsp3) is 0.333. The highest BCUT2D eigenvalue weighted by molar-refractivity contribution is 6.43. The Morgan fingerprint density at radius 3 is 2.56 bits per heavy atom. The van der Waals surface area contributed by atoms with Crippen LogP contribution in [0.25, 0.3) is 0 Å². The predicted molar refractivity (Wildman–Crippen MR) is 102 cm³/mol. The van der Waals surface area contributed by atoms with E-state index >= 15 is 0 Å². The first kappa shape index (κ1) is 18.0. The summed E-state index contributed by atoms with van der Waals surface area (Å²) >= 11 is 12.2. The van der Waals surface area contributed by atoms with Crippen molar-refractivity contribution in [1.82, 2.24) is 14.8 Å². The molecule has 2 heterocycles. The molecule has 0 aliphatic carbocycles. The van der Waals surface area contributed by atoms with Crippen molar-refractivity contribution in [2.24, 2.45) is 0 Å². The summed E-state index contributed by atoms with van der Waals surface area (Å²) in [5.74, 6) is 0.632. The number of rotatable bonds is 4. The van der Waals surface area contributed by atoms with Crippen molar-refractivity contribution in [2.75, 3.05) is 38.0 Å². The van der Waals surface area contributed by atoms with Gasteiger partial charge in [0.2, 0.25) is 0 Å². The number of nitrogens with one attached hydrogen (secondary N) is 1. The van der Waals surface area contributed by atoms with E-state index in [1.807, 2.05) is 17.0 Å². The van der Waals surface area contributed by atoms with Crippen molar-refractivity contribution in [3.63, 3.8) is 0 Å². The Bertz CT molecular complexity index is 743. The molecule has 0 unspecified atom stereocenters. The highest BCUT2D eigenvalue weighted by Crippen LogP contribution is 2.31. The van der Waals surface area contributed by atoms with Crippen LogP contribution in [0.3, 0.4) is 0 Å². The molecule has 25 heavy (non-hydrogen) atoms. The molecule has 0 radical (unpaired) electrons. The standard InChI is InChI=1S/C18H20Cl2N4O/c1-2-23-8-10-24(11-9-23)18(25)13-6-7-16(21-12-13)22-15-5-3-4-14(19)17(15)20/h3-7,12H,2,8-11H2,1H3,(H,21,22). The molecule has 1 aliphatic heterocycles. The van der Waals surface area contributed by atoms with Gasteiger partial charge in [-0.25, -0.2) is 4.98 Å². The van der Waals surface area contributed by atoms with Gasteiger partial charge in [-0.2, -0.15) is 0 Å². The third-order valence-corrected chi connectivity index (χ3v) is 5.15. The minimum atomic E-state index is 0.0237. The number of hydrogen-bond donors (Lipinski definition) is 1. The SMILES string of the molecule is CCN1CCN(C(=O)c2ccc(Nc3cccc(Cl)c3Cl)nc2)CC1. The highest BCUT2D eigenvalue weighted by Gasteiger charge is 2.21. The van der Waals surface area contributed by atoms with Gasteiger partial charge in [-0.3, -0.25) is 4.79 Å². The number of aromatic nitrogens is 1. The van der Waals surface area contributed by atoms with E-state index in [4.69, 9.17) is 23.2 Å². The lowest BCUT2D eigenvalue weighted by Gasteiger charge is -2.34. The molecule has 7 heteroatoms. The Balaban J connectivity index is 1.66. The third kappa shape index (κ3) is 4.24. The van der Waals surface area contributed by atoms with Crippen LogP contribution >= 0.6 is 23.2 Å². The highest BCUT2D eigenvalue weighted by atomic mass is 35.5. The average Bonchev–Trinajstić information content (AvgIpc) is 2.65. The van der Waals surface area contributed by atoms with Crippen LogP contribution in [0.2, 0.25) is 10.0 Å². The summed E-state index contributed by atoms with van der Waals surface area (Å²) in [6, 6.07) is 8.91. The van der Waals surface area contributed by atoms with Gasteiger partial charge in [0.15, 0.2) is 0 Å². The molecule has 1 saturated heterocycles. The lowest BCUT2D eigenvalue weighted by molar-refractivity contribution is 0.0643. The Morgan fingerprint density at radius 2 is 1.92 bits per heavy atom. The molecule has 0 spiro atoms. The van der Waals surface area contributed by atoms with Gasteiger partial charge in [-0.15, -0.1) is 0 Å². The fourth-order valence-corrected chi connectivity index (χ4v) is 3.13. The maximum Gasteiger partial charge on any atom is 0.255 e. The second kappa shape index (κ2) is 8.04. The van der Waals surface area contributed by atoms with Gasteiger partial charge in [-0.05, 0) is 30.8 Å². The van der Waals surface area contributed by atoms with Gasteiger partial charge >= 0.3 is 0 Å². The van der Waals surface area contributed by atoms with Gasteiger partial charge in [0.05, 0.1) is 21.3 Å². The number of pyridine rings is 1. The van der Waals surface area contributed by atoms with Crippen molar-refractivity contribution in [2.45, 2.75) is 6.92 Å². The molecule has 0 saturated carbocycles. The number of likely N-dealkylation sites (N-methyl/N-ethyl adjacent to an activating group) is 1. The van der Waals surface area contributed by atoms with Crippen molar-refractivity contribution in [3.05, 3.63) is 52.1 Å². The first-order valence-corrected chi connectivity index (χ1v) is 9.03. The number of hydrogen-bond acceptors (Lipinski definition) is 4. The van der Waals surface area contributed by atoms with E-state index < -0.39 is 0 Å². The number of carbonyl (C=O) groups excluding carboxylic acids is 1. The number of anilines is 2. The molecule has 5 nitrogen and oxygen atoms in total. The lowest BCUT2D eigenvalue weighted by Crippen LogP contribution is -2.48. The number of amides is 1. The summed E-state index contributed by atoms with van der Waals surface area (Å²) in [6.07, 6.45) is 1.59. The van der Waals surface area contributed by atoms with Crippen LogP contribution in [-0.2, 0) is 0 Å². The Kier molecular flexibility index (Phi) is 5.78. The van der Waals surface area contributed by atoms with Crippen LogP contribution in [-0.4, -0.2) is 53.4 Å². The van der Waals surface area contributed by atoms with Crippen LogP contribution < -0.4 is 5.32 Å². The second-order valence-corrected chi connectivity index (χ2v) is 6.67. The summed E-state index contributed by atoms with van der Waals surface area (Å²) in [4.78, 5) is 21.1. The summed E-state index contributed by atoms with van der Waals surface area (Å²) in [5, 5.41) is 4.03. The first-order valence-electron chi connectivity index (χ1n) is 8.27. The van der Waals surface area contributed by atoms with Crippen molar-refractivity contribution >= 4 is 40.6 Å². The van der Waals surface area contributed by atoms with E-state index in [-0.39, 0.29) is 5.91 Å². The Hall–Kier alpha value is -1.82. The minimum Gasteiger partial charge on any atom is -0.339 e. The zero-order chi connectivity index (χ0) is 17.8. The van der Waals surface area contributed by atoms with Gasteiger partial charge in [0.25, 0.3) is 5.91 Å². The Labute approximate surface area is 157 Å². The first-order chi connectivity index (χ1) is 12.1. The molecule has 1 N–H and O–H groups in total. The lowest BCUT2D eigenvalue weighted by atomic mass is 10.2. The quantitative estimate of drug-likeness (QED) is 0.875. The molecule has 1 aliphatic rings. The maximum atomic E-state index is 12.6.